The molecule has 0 radical (unpaired) electrons. The maximum absolute atomic E-state index is 3.66. The summed E-state index contributed by atoms with van der Waals surface area (Å²) in [7, 11) is 0. The van der Waals surface area contributed by atoms with Crippen LogP contribution in [-0.4, -0.2) is 12.3 Å². The van der Waals surface area contributed by atoms with E-state index < -0.39 is 0 Å². The molecule has 0 saturated heterocycles. The average Bonchev–Trinajstić information content (AvgIpc) is 2.96. The fraction of sp³-hybridized carbons (Fsp3) is 0.158. The molecule has 0 bridgehead atoms. The first-order valence-corrected chi connectivity index (χ1v) is 8.34. The van der Waals surface area contributed by atoms with Gasteiger partial charge in [0.25, 0.3) is 0 Å². The molecule has 21 heavy (non-hydrogen) atoms. The smallest absolute Gasteiger partial charge is 0.0420 e. The van der Waals surface area contributed by atoms with Gasteiger partial charge in [-0.3, -0.25) is 0 Å². The predicted octanol–water partition coefficient (Wildman–Crippen LogP) is 5.14. The molecule has 1 unspecified atom stereocenters. The first-order valence-electron chi connectivity index (χ1n) is 7.35. The lowest BCUT2D eigenvalue weighted by atomic mass is 10.0. The van der Waals surface area contributed by atoms with E-state index in [2.05, 4.69) is 72.0 Å². The van der Waals surface area contributed by atoms with Gasteiger partial charge < -0.3 is 5.32 Å². The molecule has 0 aliphatic carbocycles. The van der Waals surface area contributed by atoms with Crippen LogP contribution in [0.1, 0.15) is 11.5 Å². The number of anilines is 1. The molecular weight excluding hydrogens is 274 g/mol. The third-order valence-corrected chi connectivity index (χ3v) is 5.38. The van der Waals surface area contributed by atoms with Crippen molar-refractivity contribution in [1.29, 1.82) is 0 Å². The second-order valence-corrected chi connectivity index (χ2v) is 6.52. The summed E-state index contributed by atoms with van der Waals surface area (Å²) < 4.78 is 0. The number of benzene rings is 3. The van der Waals surface area contributed by atoms with Crippen LogP contribution in [0, 0.1) is 0 Å². The van der Waals surface area contributed by atoms with Crippen molar-refractivity contribution in [3.05, 3.63) is 72.3 Å². The molecule has 2 heteroatoms. The van der Waals surface area contributed by atoms with Gasteiger partial charge in [0.05, 0.1) is 0 Å². The van der Waals surface area contributed by atoms with Crippen LogP contribution in [0.15, 0.2) is 71.6 Å². The monoisotopic (exact) mass is 291 g/mol. The predicted molar refractivity (Wildman–Crippen MR) is 92.3 cm³/mol. The zero-order valence-corrected chi connectivity index (χ0v) is 12.6. The fourth-order valence-corrected chi connectivity index (χ4v) is 4.27. The standard InChI is InChI=1S/C19H17NS/c1-2-8-16-14(6-1)7-5-10-18(16)20-12-15-13-21-19-11-4-3-9-17(15)19/h1-11,15,20H,12-13H2. The minimum atomic E-state index is 0.602. The minimum Gasteiger partial charge on any atom is -0.384 e. The van der Waals surface area contributed by atoms with E-state index in [0.717, 1.165) is 6.54 Å². The van der Waals surface area contributed by atoms with Crippen LogP contribution in [0.25, 0.3) is 10.8 Å². The summed E-state index contributed by atoms with van der Waals surface area (Å²) in [4.78, 5) is 1.45. The quantitative estimate of drug-likeness (QED) is 0.717. The Hall–Kier alpha value is -1.93. The van der Waals surface area contributed by atoms with Crippen LogP contribution >= 0.6 is 11.8 Å². The lowest BCUT2D eigenvalue weighted by Crippen LogP contribution is -2.12. The van der Waals surface area contributed by atoms with Crippen molar-refractivity contribution in [1.82, 2.24) is 0 Å². The first kappa shape index (κ1) is 12.8. The average molecular weight is 291 g/mol. The minimum absolute atomic E-state index is 0.602. The van der Waals surface area contributed by atoms with Gasteiger partial charge >= 0.3 is 0 Å². The molecule has 3 aromatic carbocycles. The second-order valence-electron chi connectivity index (χ2n) is 5.45. The van der Waals surface area contributed by atoms with Crippen LogP contribution < -0.4 is 5.32 Å². The zero-order valence-electron chi connectivity index (χ0n) is 11.8. The van der Waals surface area contributed by atoms with Crippen molar-refractivity contribution in [3.63, 3.8) is 0 Å². The van der Waals surface area contributed by atoms with E-state index in [1.54, 1.807) is 0 Å². The highest BCUT2D eigenvalue weighted by molar-refractivity contribution is 7.99. The molecule has 0 fully saturated rings. The molecule has 1 aliphatic rings. The second kappa shape index (κ2) is 5.45. The van der Waals surface area contributed by atoms with Gasteiger partial charge in [0.1, 0.15) is 0 Å². The summed E-state index contributed by atoms with van der Waals surface area (Å²) >= 11 is 1.97. The van der Waals surface area contributed by atoms with Gasteiger partial charge in [-0.1, -0.05) is 54.6 Å². The van der Waals surface area contributed by atoms with Gasteiger partial charge in [-0.15, -0.1) is 11.8 Å². The Morgan fingerprint density at radius 3 is 2.71 bits per heavy atom. The highest BCUT2D eigenvalue weighted by Gasteiger charge is 2.22. The topological polar surface area (TPSA) is 12.0 Å². The molecule has 0 saturated carbocycles. The van der Waals surface area contributed by atoms with E-state index in [1.165, 1.54) is 32.7 Å². The van der Waals surface area contributed by atoms with E-state index in [9.17, 15) is 0 Å². The molecule has 1 nitrogen and oxygen atoms in total. The Morgan fingerprint density at radius 1 is 0.905 bits per heavy atom. The summed E-state index contributed by atoms with van der Waals surface area (Å²) in [6.07, 6.45) is 0. The number of rotatable bonds is 3. The molecule has 0 aromatic heterocycles. The fourth-order valence-electron chi connectivity index (χ4n) is 3.01. The van der Waals surface area contributed by atoms with E-state index in [-0.39, 0.29) is 0 Å². The first-order chi connectivity index (χ1) is 10.4. The summed E-state index contributed by atoms with van der Waals surface area (Å²) in [5, 5.41) is 6.26. The van der Waals surface area contributed by atoms with Crippen LogP contribution in [-0.2, 0) is 0 Å². The molecule has 3 aromatic rings. The van der Waals surface area contributed by atoms with Gasteiger partial charge in [0, 0.05) is 34.2 Å². The van der Waals surface area contributed by atoms with Crippen molar-refractivity contribution in [3.8, 4) is 0 Å². The molecule has 1 N–H and O–H groups in total. The van der Waals surface area contributed by atoms with Crippen molar-refractivity contribution in [2.75, 3.05) is 17.6 Å². The summed E-state index contributed by atoms with van der Waals surface area (Å²) in [6.45, 7) is 0.998. The van der Waals surface area contributed by atoms with Crippen molar-refractivity contribution in [2.45, 2.75) is 10.8 Å². The van der Waals surface area contributed by atoms with Crippen molar-refractivity contribution >= 4 is 28.2 Å². The Morgan fingerprint density at radius 2 is 1.71 bits per heavy atom. The van der Waals surface area contributed by atoms with Gasteiger partial charge in [0.2, 0.25) is 0 Å². The van der Waals surface area contributed by atoms with Crippen LogP contribution in [0.2, 0.25) is 0 Å². The summed E-state index contributed by atoms with van der Waals surface area (Å²) in [6, 6.07) is 23.8. The Bertz CT molecular complexity index is 776. The van der Waals surface area contributed by atoms with E-state index in [1.807, 2.05) is 11.8 Å². The molecule has 104 valence electrons. The Balaban J connectivity index is 1.57. The molecule has 4 rings (SSSR count). The normalized spacial score (nSPS) is 16.9. The Kier molecular flexibility index (Phi) is 3.32. The number of hydrogen-bond acceptors (Lipinski definition) is 2. The SMILES string of the molecule is c1ccc2c(c1)SCC2CNc1cccc2ccccc12. The largest absolute Gasteiger partial charge is 0.384 e. The number of nitrogens with one attached hydrogen (secondary N) is 1. The molecule has 0 amide bonds. The number of thioether (sulfide) groups is 1. The highest BCUT2D eigenvalue weighted by atomic mass is 32.2. The van der Waals surface area contributed by atoms with Gasteiger partial charge in [0.15, 0.2) is 0 Å². The van der Waals surface area contributed by atoms with E-state index in [0.29, 0.717) is 5.92 Å². The van der Waals surface area contributed by atoms with Crippen LogP contribution in [0.4, 0.5) is 5.69 Å². The van der Waals surface area contributed by atoms with Crippen LogP contribution in [0.3, 0.4) is 0 Å². The molecule has 1 aliphatic heterocycles. The molecular formula is C19H17NS. The lowest BCUT2D eigenvalue weighted by Gasteiger charge is -2.14. The maximum atomic E-state index is 3.66. The van der Waals surface area contributed by atoms with Gasteiger partial charge in [-0.05, 0) is 23.1 Å². The van der Waals surface area contributed by atoms with Gasteiger partial charge in [-0.25, -0.2) is 0 Å². The zero-order chi connectivity index (χ0) is 14.1. The molecule has 1 heterocycles. The summed E-state index contributed by atoms with van der Waals surface area (Å²) in [5.41, 5.74) is 2.73. The van der Waals surface area contributed by atoms with Crippen molar-refractivity contribution < 1.29 is 0 Å². The highest BCUT2D eigenvalue weighted by Crippen LogP contribution is 2.39. The third kappa shape index (κ3) is 2.40. The number of hydrogen-bond donors (Lipinski definition) is 1. The van der Waals surface area contributed by atoms with Crippen LogP contribution in [0.5, 0.6) is 0 Å². The third-order valence-electron chi connectivity index (χ3n) is 4.13. The Labute approximate surface area is 129 Å². The van der Waals surface area contributed by atoms with Crippen molar-refractivity contribution in [2.24, 2.45) is 0 Å². The summed E-state index contributed by atoms with van der Waals surface area (Å²) in [5.74, 6) is 1.78. The van der Waals surface area contributed by atoms with E-state index >= 15 is 0 Å². The molecule has 1 atom stereocenters. The maximum Gasteiger partial charge on any atom is 0.0420 e. The lowest BCUT2D eigenvalue weighted by molar-refractivity contribution is 0.820. The van der Waals surface area contributed by atoms with E-state index in [4.69, 9.17) is 0 Å². The molecule has 0 spiro atoms. The van der Waals surface area contributed by atoms with Gasteiger partial charge in [-0.2, -0.15) is 0 Å². The number of fused-ring (bicyclic) bond motifs is 2.